The van der Waals surface area contributed by atoms with Gasteiger partial charge in [0.2, 0.25) is 0 Å². The summed E-state index contributed by atoms with van der Waals surface area (Å²) in [6.07, 6.45) is 34.7. The molecule has 0 saturated carbocycles. The SMILES string of the molecule is CCCCCCCCCCCCCCCCCCCCCCCCOC(=O)CCCCCN(C)C. The lowest BCUT2D eigenvalue weighted by Gasteiger charge is -2.08. The smallest absolute Gasteiger partial charge is 0.305 e. The molecule has 0 N–H and O–H groups in total. The van der Waals surface area contributed by atoms with Crippen molar-refractivity contribution in [3.8, 4) is 0 Å². The third kappa shape index (κ3) is 31.4. The maximum absolute atomic E-state index is 11.7. The zero-order valence-corrected chi connectivity index (χ0v) is 24.6. The Balaban J connectivity index is 3.10. The highest BCUT2D eigenvalue weighted by Crippen LogP contribution is 2.15. The van der Waals surface area contributed by atoms with Crippen LogP contribution in [-0.2, 0) is 9.53 Å². The van der Waals surface area contributed by atoms with Crippen LogP contribution < -0.4 is 0 Å². The second kappa shape index (κ2) is 29.7. The van der Waals surface area contributed by atoms with Crippen LogP contribution in [0.3, 0.4) is 0 Å². The second-order valence-electron chi connectivity index (χ2n) is 11.3. The van der Waals surface area contributed by atoms with E-state index >= 15 is 0 Å². The van der Waals surface area contributed by atoms with Gasteiger partial charge in [0.05, 0.1) is 6.61 Å². The van der Waals surface area contributed by atoms with Gasteiger partial charge in [0.25, 0.3) is 0 Å². The summed E-state index contributed by atoms with van der Waals surface area (Å²) in [5.41, 5.74) is 0. The van der Waals surface area contributed by atoms with Gasteiger partial charge in [0, 0.05) is 6.42 Å². The van der Waals surface area contributed by atoms with E-state index < -0.39 is 0 Å². The molecular formula is C32H65NO2. The predicted molar refractivity (Wildman–Crippen MR) is 155 cm³/mol. The van der Waals surface area contributed by atoms with Crippen LogP contribution in [0.4, 0.5) is 0 Å². The van der Waals surface area contributed by atoms with Crippen molar-refractivity contribution in [2.24, 2.45) is 0 Å². The van der Waals surface area contributed by atoms with Crippen LogP contribution in [-0.4, -0.2) is 38.1 Å². The van der Waals surface area contributed by atoms with Gasteiger partial charge in [-0.3, -0.25) is 4.79 Å². The van der Waals surface area contributed by atoms with Gasteiger partial charge >= 0.3 is 5.97 Å². The van der Waals surface area contributed by atoms with E-state index in [1.807, 2.05) is 0 Å². The Morgan fingerprint density at radius 3 is 1.20 bits per heavy atom. The molecule has 0 spiro atoms. The molecule has 0 atom stereocenters. The van der Waals surface area contributed by atoms with E-state index in [0.717, 1.165) is 25.8 Å². The molecule has 3 heteroatoms. The van der Waals surface area contributed by atoms with E-state index in [1.165, 1.54) is 141 Å². The van der Waals surface area contributed by atoms with E-state index in [2.05, 4.69) is 25.9 Å². The molecule has 0 aliphatic rings. The standard InChI is InChI=1S/C32H65NO2/c1-4-5-6-7-8-9-10-11-12-13-14-15-16-17-18-19-20-21-22-23-24-28-31-35-32(34)29-26-25-27-30-33(2)3/h4-31H2,1-3H3. The summed E-state index contributed by atoms with van der Waals surface area (Å²) in [7, 11) is 4.19. The van der Waals surface area contributed by atoms with Crippen LogP contribution in [0.25, 0.3) is 0 Å². The van der Waals surface area contributed by atoms with Crippen molar-refractivity contribution in [3.63, 3.8) is 0 Å². The lowest BCUT2D eigenvalue weighted by Crippen LogP contribution is -2.13. The highest BCUT2D eigenvalue weighted by molar-refractivity contribution is 5.69. The first-order valence-corrected chi connectivity index (χ1v) is 16.0. The monoisotopic (exact) mass is 496 g/mol. The quantitative estimate of drug-likeness (QED) is 0.0763. The van der Waals surface area contributed by atoms with Crippen LogP contribution in [0.1, 0.15) is 174 Å². The Morgan fingerprint density at radius 2 is 0.829 bits per heavy atom. The van der Waals surface area contributed by atoms with Gasteiger partial charge in [0.1, 0.15) is 0 Å². The maximum atomic E-state index is 11.7. The van der Waals surface area contributed by atoms with Gasteiger partial charge in [-0.1, -0.05) is 148 Å². The van der Waals surface area contributed by atoms with Crippen LogP contribution in [0.15, 0.2) is 0 Å². The number of carbonyl (C=O) groups is 1. The average Bonchev–Trinajstić information content (AvgIpc) is 2.84. The summed E-state index contributed by atoms with van der Waals surface area (Å²) in [6.45, 7) is 4.02. The molecular weight excluding hydrogens is 430 g/mol. The summed E-state index contributed by atoms with van der Waals surface area (Å²) < 4.78 is 5.36. The number of esters is 1. The number of rotatable bonds is 29. The van der Waals surface area contributed by atoms with Gasteiger partial charge in [-0.25, -0.2) is 0 Å². The van der Waals surface area contributed by atoms with Crippen LogP contribution in [0.2, 0.25) is 0 Å². The van der Waals surface area contributed by atoms with E-state index in [0.29, 0.717) is 13.0 Å². The fourth-order valence-corrected chi connectivity index (χ4v) is 4.84. The van der Waals surface area contributed by atoms with Crippen LogP contribution in [0, 0.1) is 0 Å². The summed E-state index contributed by atoms with van der Waals surface area (Å²) in [6, 6.07) is 0. The Morgan fingerprint density at radius 1 is 0.486 bits per heavy atom. The molecule has 0 aromatic rings. The summed E-state index contributed by atoms with van der Waals surface area (Å²) in [5, 5.41) is 0. The number of carbonyl (C=O) groups excluding carboxylic acids is 1. The van der Waals surface area contributed by atoms with Gasteiger partial charge in [-0.05, 0) is 39.9 Å². The van der Waals surface area contributed by atoms with E-state index in [1.54, 1.807) is 0 Å². The Kier molecular flexibility index (Phi) is 29.2. The molecule has 0 heterocycles. The van der Waals surface area contributed by atoms with Crippen LogP contribution >= 0.6 is 0 Å². The van der Waals surface area contributed by atoms with Gasteiger partial charge < -0.3 is 9.64 Å². The van der Waals surface area contributed by atoms with Crippen molar-refractivity contribution < 1.29 is 9.53 Å². The minimum atomic E-state index is -0.00153. The topological polar surface area (TPSA) is 29.5 Å². The van der Waals surface area contributed by atoms with Gasteiger partial charge in [-0.15, -0.1) is 0 Å². The largest absolute Gasteiger partial charge is 0.466 e. The molecule has 0 saturated heterocycles. The molecule has 35 heavy (non-hydrogen) atoms. The van der Waals surface area contributed by atoms with E-state index in [9.17, 15) is 4.79 Å². The predicted octanol–water partition coefficient (Wildman–Crippen LogP) is 10.3. The highest BCUT2D eigenvalue weighted by atomic mass is 16.5. The molecule has 0 fully saturated rings. The fourth-order valence-electron chi connectivity index (χ4n) is 4.84. The maximum Gasteiger partial charge on any atom is 0.305 e. The van der Waals surface area contributed by atoms with E-state index in [4.69, 9.17) is 4.74 Å². The minimum absolute atomic E-state index is 0.00153. The molecule has 3 nitrogen and oxygen atoms in total. The first-order chi connectivity index (χ1) is 17.2. The van der Waals surface area contributed by atoms with E-state index in [-0.39, 0.29) is 5.97 Å². The highest BCUT2D eigenvalue weighted by Gasteiger charge is 2.03. The molecule has 0 aliphatic heterocycles. The molecule has 0 rings (SSSR count). The average molecular weight is 496 g/mol. The van der Waals surface area contributed by atoms with Gasteiger partial charge in [0.15, 0.2) is 0 Å². The lowest BCUT2D eigenvalue weighted by molar-refractivity contribution is -0.143. The first kappa shape index (κ1) is 34.4. The second-order valence-corrected chi connectivity index (χ2v) is 11.3. The van der Waals surface area contributed by atoms with Crippen molar-refractivity contribution in [1.82, 2.24) is 4.90 Å². The summed E-state index contributed by atoms with van der Waals surface area (Å²) >= 11 is 0. The summed E-state index contributed by atoms with van der Waals surface area (Å²) in [5.74, 6) is -0.00153. The molecule has 0 aromatic carbocycles. The number of hydrogen-bond donors (Lipinski definition) is 0. The molecule has 0 radical (unpaired) electrons. The molecule has 210 valence electrons. The number of unbranched alkanes of at least 4 members (excludes halogenated alkanes) is 23. The molecule has 0 aliphatic carbocycles. The minimum Gasteiger partial charge on any atom is -0.466 e. The Hall–Kier alpha value is -0.570. The van der Waals surface area contributed by atoms with Crippen molar-refractivity contribution in [2.45, 2.75) is 174 Å². The molecule has 0 amide bonds. The van der Waals surface area contributed by atoms with Crippen molar-refractivity contribution in [2.75, 3.05) is 27.2 Å². The van der Waals surface area contributed by atoms with Crippen molar-refractivity contribution in [3.05, 3.63) is 0 Å². The number of nitrogens with zero attached hydrogens (tertiary/aromatic N) is 1. The zero-order valence-electron chi connectivity index (χ0n) is 24.6. The fraction of sp³-hybridized carbons (Fsp3) is 0.969. The van der Waals surface area contributed by atoms with Crippen molar-refractivity contribution >= 4 is 5.97 Å². The molecule has 0 bridgehead atoms. The van der Waals surface area contributed by atoms with Gasteiger partial charge in [-0.2, -0.15) is 0 Å². The van der Waals surface area contributed by atoms with Crippen LogP contribution in [0.5, 0.6) is 0 Å². The van der Waals surface area contributed by atoms with Crippen molar-refractivity contribution in [1.29, 1.82) is 0 Å². The molecule has 0 aromatic heterocycles. The Labute approximate surface area is 221 Å². The normalized spacial score (nSPS) is 11.4. The zero-order chi connectivity index (χ0) is 25.7. The summed E-state index contributed by atoms with van der Waals surface area (Å²) in [4.78, 5) is 13.9. The lowest BCUT2D eigenvalue weighted by atomic mass is 10.0. The first-order valence-electron chi connectivity index (χ1n) is 16.0. The molecule has 0 unspecified atom stereocenters. The number of ether oxygens (including phenoxy) is 1. The number of hydrogen-bond acceptors (Lipinski definition) is 3. The third-order valence-electron chi connectivity index (χ3n) is 7.25. The Bertz CT molecular complexity index is 410. The third-order valence-corrected chi connectivity index (χ3v) is 7.25.